The molecule has 1 fully saturated rings. The van der Waals surface area contributed by atoms with Crippen molar-refractivity contribution in [3.63, 3.8) is 0 Å². The number of sulfonamides is 1. The highest BCUT2D eigenvalue weighted by Gasteiger charge is 2.30. The minimum Gasteiger partial charge on any atom is -0.397 e. The van der Waals surface area contributed by atoms with E-state index in [0.29, 0.717) is 16.5 Å². The third kappa shape index (κ3) is 3.55. The maximum absolute atomic E-state index is 12.8. The minimum atomic E-state index is -3.58. The summed E-state index contributed by atoms with van der Waals surface area (Å²) in [5, 5.41) is 0.347. The van der Waals surface area contributed by atoms with E-state index in [2.05, 4.69) is 4.72 Å². The lowest BCUT2D eigenvalue weighted by Gasteiger charge is -2.31. The SMILES string of the molecule is CSC1CCCCC1NS(=O)(=O)c1c(C)ccc(C)c1N. The lowest BCUT2D eigenvalue weighted by atomic mass is 9.96. The van der Waals surface area contributed by atoms with Gasteiger partial charge in [-0.3, -0.25) is 0 Å². The number of hydrogen-bond donors (Lipinski definition) is 2. The van der Waals surface area contributed by atoms with Gasteiger partial charge < -0.3 is 5.73 Å². The number of thioether (sulfide) groups is 1. The molecular formula is C15H24N2O2S2. The number of benzene rings is 1. The summed E-state index contributed by atoms with van der Waals surface area (Å²) >= 11 is 1.74. The molecule has 1 aliphatic carbocycles. The molecule has 1 aliphatic rings. The molecular weight excluding hydrogens is 304 g/mol. The predicted molar refractivity (Wildman–Crippen MR) is 90.2 cm³/mol. The number of rotatable bonds is 4. The van der Waals surface area contributed by atoms with Crippen molar-refractivity contribution >= 4 is 27.5 Å². The van der Waals surface area contributed by atoms with E-state index in [0.717, 1.165) is 24.8 Å². The summed E-state index contributed by atoms with van der Waals surface area (Å²) in [7, 11) is -3.58. The monoisotopic (exact) mass is 328 g/mol. The van der Waals surface area contributed by atoms with Crippen molar-refractivity contribution in [2.45, 2.75) is 55.7 Å². The maximum atomic E-state index is 12.8. The summed E-state index contributed by atoms with van der Waals surface area (Å²) in [6.07, 6.45) is 6.26. The average Bonchev–Trinajstić information content (AvgIpc) is 2.43. The molecule has 0 bridgehead atoms. The Morgan fingerprint density at radius 3 is 2.48 bits per heavy atom. The van der Waals surface area contributed by atoms with Gasteiger partial charge in [0.15, 0.2) is 0 Å². The van der Waals surface area contributed by atoms with Crippen LogP contribution in [-0.4, -0.2) is 26.0 Å². The smallest absolute Gasteiger partial charge is 0.243 e. The number of aryl methyl sites for hydroxylation is 2. The van der Waals surface area contributed by atoms with E-state index in [1.165, 1.54) is 6.42 Å². The lowest BCUT2D eigenvalue weighted by Crippen LogP contribution is -2.43. The number of nitrogens with one attached hydrogen (secondary N) is 1. The fourth-order valence-corrected chi connectivity index (χ4v) is 5.70. The van der Waals surface area contributed by atoms with Gasteiger partial charge in [-0.05, 0) is 44.1 Å². The molecule has 2 atom stereocenters. The lowest BCUT2D eigenvalue weighted by molar-refractivity contribution is 0.423. The molecule has 0 aliphatic heterocycles. The van der Waals surface area contributed by atoms with E-state index in [-0.39, 0.29) is 10.9 Å². The van der Waals surface area contributed by atoms with Gasteiger partial charge >= 0.3 is 0 Å². The van der Waals surface area contributed by atoms with Gasteiger partial charge in [-0.25, -0.2) is 13.1 Å². The second-order valence-corrected chi connectivity index (χ2v) is 8.46. The Kier molecular flexibility index (Phi) is 5.22. The van der Waals surface area contributed by atoms with Crippen LogP contribution in [-0.2, 0) is 10.0 Å². The van der Waals surface area contributed by atoms with Crippen molar-refractivity contribution in [3.05, 3.63) is 23.3 Å². The molecule has 0 amide bonds. The third-order valence-corrected chi connectivity index (χ3v) is 7.05. The van der Waals surface area contributed by atoms with Crippen LogP contribution in [0.15, 0.2) is 17.0 Å². The quantitative estimate of drug-likeness (QED) is 0.834. The first kappa shape index (κ1) is 16.6. The van der Waals surface area contributed by atoms with Crippen LogP contribution in [0, 0.1) is 13.8 Å². The van der Waals surface area contributed by atoms with Crippen LogP contribution in [0.2, 0.25) is 0 Å². The van der Waals surface area contributed by atoms with Gasteiger partial charge in [-0.15, -0.1) is 0 Å². The summed E-state index contributed by atoms with van der Waals surface area (Å²) in [4.78, 5) is 0.243. The Morgan fingerprint density at radius 1 is 1.19 bits per heavy atom. The first-order valence-electron chi connectivity index (χ1n) is 7.27. The number of hydrogen-bond acceptors (Lipinski definition) is 4. The highest BCUT2D eigenvalue weighted by molar-refractivity contribution is 7.99. The molecule has 0 heterocycles. The number of nitrogens with two attached hydrogens (primary N) is 1. The molecule has 0 spiro atoms. The summed E-state index contributed by atoms with van der Waals surface area (Å²) < 4.78 is 28.4. The highest BCUT2D eigenvalue weighted by Crippen LogP contribution is 2.30. The molecule has 0 aromatic heterocycles. The van der Waals surface area contributed by atoms with Gasteiger partial charge in [0.2, 0.25) is 10.0 Å². The van der Waals surface area contributed by atoms with Crippen LogP contribution in [0.1, 0.15) is 36.8 Å². The first-order valence-corrected chi connectivity index (χ1v) is 10.0. The molecule has 0 radical (unpaired) electrons. The standard InChI is InChI=1S/C15H24N2O2S2/c1-10-8-9-11(2)15(14(10)16)21(18,19)17-12-6-4-5-7-13(12)20-3/h8-9,12-13,17H,4-7,16H2,1-3H3. The van der Waals surface area contributed by atoms with E-state index in [4.69, 9.17) is 5.73 Å². The molecule has 1 saturated carbocycles. The summed E-state index contributed by atoms with van der Waals surface area (Å²) in [6, 6.07) is 3.67. The Balaban J connectivity index is 2.32. The second kappa shape index (κ2) is 6.58. The predicted octanol–water partition coefficient (Wildman–Crippen LogP) is 2.84. The Hall–Kier alpha value is -0.720. The molecule has 2 rings (SSSR count). The molecule has 21 heavy (non-hydrogen) atoms. The fourth-order valence-electron chi connectivity index (χ4n) is 2.94. The zero-order valence-electron chi connectivity index (χ0n) is 12.8. The van der Waals surface area contributed by atoms with E-state index in [1.807, 2.05) is 25.3 Å². The van der Waals surface area contributed by atoms with Gasteiger partial charge in [-0.1, -0.05) is 25.0 Å². The summed E-state index contributed by atoms with van der Waals surface area (Å²) in [6.45, 7) is 3.62. The van der Waals surface area contributed by atoms with E-state index >= 15 is 0 Å². The maximum Gasteiger partial charge on any atom is 0.243 e. The van der Waals surface area contributed by atoms with Crippen LogP contribution in [0.5, 0.6) is 0 Å². The molecule has 1 aromatic carbocycles. The zero-order chi connectivity index (χ0) is 15.6. The topological polar surface area (TPSA) is 72.2 Å². The van der Waals surface area contributed by atoms with Crippen molar-refractivity contribution in [2.75, 3.05) is 12.0 Å². The van der Waals surface area contributed by atoms with Crippen molar-refractivity contribution in [3.8, 4) is 0 Å². The van der Waals surface area contributed by atoms with E-state index in [9.17, 15) is 8.42 Å². The van der Waals surface area contributed by atoms with Crippen molar-refractivity contribution in [1.29, 1.82) is 0 Å². The Bertz CT molecular complexity index is 614. The van der Waals surface area contributed by atoms with Crippen molar-refractivity contribution < 1.29 is 8.42 Å². The molecule has 4 nitrogen and oxygen atoms in total. The summed E-state index contributed by atoms with van der Waals surface area (Å²) in [5.74, 6) is 0. The largest absolute Gasteiger partial charge is 0.397 e. The number of nitrogen functional groups attached to an aromatic ring is 1. The molecule has 118 valence electrons. The van der Waals surface area contributed by atoms with Crippen LogP contribution < -0.4 is 10.5 Å². The van der Waals surface area contributed by atoms with E-state index in [1.54, 1.807) is 18.7 Å². The molecule has 6 heteroatoms. The Labute approximate surface area is 131 Å². The molecule has 2 unspecified atom stereocenters. The minimum absolute atomic E-state index is 0.00179. The van der Waals surface area contributed by atoms with Crippen LogP contribution >= 0.6 is 11.8 Å². The van der Waals surface area contributed by atoms with Crippen molar-refractivity contribution in [1.82, 2.24) is 4.72 Å². The average molecular weight is 329 g/mol. The van der Waals surface area contributed by atoms with Crippen LogP contribution in [0.4, 0.5) is 5.69 Å². The summed E-state index contributed by atoms with van der Waals surface area (Å²) in [5.41, 5.74) is 7.87. The molecule has 0 saturated heterocycles. The van der Waals surface area contributed by atoms with Crippen LogP contribution in [0.25, 0.3) is 0 Å². The fraction of sp³-hybridized carbons (Fsp3) is 0.600. The van der Waals surface area contributed by atoms with Gasteiger partial charge in [0.1, 0.15) is 4.90 Å². The van der Waals surface area contributed by atoms with Gasteiger partial charge in [0.05, 0.1) is 5.69 Å². The molecule has 3 N–H and O–H groups in total. The highest BCUT2D eigenvalue weighted by atomic mass is 32.2. The third-order valence-electron chi connectivity index (χ3n) is 4.19. The van der Waals surface area contributed by atoms with Gasteiger partial charge in [0.25, 0.3) is 0 Å². The van der Waals surface area contributed by atoms with Crippen molar-refractivity contribution in [2.24, 2.45) is 0 Å². The normalized spacial score (nSPS) is 23.2. The van der Waals surface area contributed by atoms with Crippen LogP contribution in [0.3, 0.4) is 0 Å². The second-order valence-electron chi connectivity index (χ2n) is 5.73. The van der Waals surface area contributed by atoms with Gasteiger partial charge in [0, 0.05) is 11.3 Å². The number of anilines is 1. The van der Waals surface area contributed by atoms with E-state index < -0.39 is 10.0 Å². The molecule has 1 aromatic rings. The Morgan fingerprint density at radius 2 is 1.81 bits per heavy atom. The first-order chi connectivity index (χ1) is 9.86. The van der Waals surface area contributed by atoms with Gasteiger partial charge in [-0.2, -0.15) is 11.8 Å². The zero-order valence-corrected chi connectivity index (χ0v) is 14.5.